The number of fused-ring (bicyclic) bond motifs is 2. The topological polar surface area (TPSA) is 88.5 Å². The van der Waals surface area contributed by atoms with Crippen LogP contribution in [-0.4, -0.2) is 27.5 Å². The lowest BCUT2D eigenvalue weighted by Gasteiger charge is -2.30. The second-order valence-electron chi connectivity index (χ2n) is 9.62. The summed E-state index contributed by atoms with van der Waals surface area (Å²) in [6, 6.07) is 17.9. The smallest absolute Gasteiger partial charge is 0.308 e. The third-order valence-corrected chi connectivity index (χ3v) is 9.60. The summed E-state index contributed by atoms with van der Waals surface area (Å²) < 4.78 is 28.7. The zero-order valence-corrected chi connectivity index (χ0v) is 22.6. The molecule has 6 rings (SSSR count). The molecule has 0 unspecified atom stereocenters. The molecule has 0 bridgehead atoms. The monoisotopic (exact) mass is 577 g/mol. The highest BCUT2D eigenvalue weighted by Crippen LogP contribution is 2.53. The van der Waals surface area contributed by atoms with Crippen LogP contribution in [0, 0.1) is 24.5 Å². The van der Waals surface area contributed by atoms with Gasteiger partial charge in [0.1, 0.15) is 23.4 Å². The van der Waals surface area contributed by atoms with Gasteiger partial charge in [-0.2, -0.15) is 0 Å². The van der Waals surface area contributed by atoms with E-state index in [0.29, 0.717) is 21.2 Å². The summed E-state index contributed by atoms with van der Waals surface area (Å²) in [4.78, 5) is 54.7. The van der Waals surface area contributed by atoms with Crippen LogP contribution in [0.1, 0.15) is 21.9 Å². The Morgan fingerprint density at radius 3 is 2.15 bits per heavy atom. The first kappa shape index (κ1) is 26.1. The van der Waals surface area contributed by atoms with E-state index < -0.39 is 51.3 Å². The van der Waals surface area contributed by atoms with Crippen LogP contribution in [0.5, 0.6) is 0 Å². The number of benzene rings is 3. The molecule has 2 aliphatic rings. The molecular weight excluding hydrogens is 556 g/mol. The molecule has 3 aromatic carbocycles. The van der Waals surface area contributed by atoms with Gasteiger partial charge in [-0.1, -0.05) is 52.9 Å². The maximum Gasteiger partial charge on any atom is 0.308 e. The Labute approximate surface area is 235 Å². The summed E-state index contributed by atoms with van der Waals surface area (Å²) in [6.45, 7) is 1.64. The molecule has 11 heteroatoms. The van der Waals surface area contributed by atoms with Gasteiger partial charge in [-0.15, -0.1) is 0 Å². The highest BCUT2D eigenvalue weighted by Gasteiger charge is 2.56. The van der Waals surface area contributed by atoms with Crippen LogP contribution in [0.2, 0.25) is 0 Å². The van der Waals surface area contributed by atoms with Crippen LogP contribution >= 0.6 is 23.1 Å². The Bertz CT molecular complexity index is 1700. The van der Waals surface area contributed by atoms with Crippen molar-refractivity contribution in [3.05, 3.63) is 110 Å². The van der Waals surface area contributed by atoms with Crippen LogP contribution in [0.3, 0.4) is 0 Å². The molecule has 3 heterocycles. The van der Waals surface area contributed by atoms with Gasteiger partial charge in [-0.3, -0.25) is 23.7 Å². The third kappa shape index (κ3) is 4.54. The van der Waals surface area contributed by atoms with Gasteiger partial charge in [0.15, 0.2) is 0 Å². The van der Waals surface area contributed by atoms with Crippen molar-refractivity contribution in [1.29, 1.82) is 0 Å². The van der Waals surface area contributed by atoms with E-state index in [1.54, 1.807) is 12.1 Å². The van der Waals surface area contributed by atoms with Gasteiger partial charge in [0.2, 0.25) is 17.7 Å². The molecule has 3 atom stereocenters. The van der Waals surface area contributed by atoms with Gasteiger partial charge in [-0.05, 0) is 61.0 Å². The summed E-state index contributed by atoms with van der Waals surface area (Å²) in [6.07, 6.45) is 0. The van der Waals surface area contributed by atoms with Gasteiger partial charge < -0.3 is 5.32 Å². The minimum Gasteiger partial charge on any atom is -0.325 e. The Morgan fingerprint density at radius 2 is 1.50 bits per heavy atom. The molecule has 2 aliphatic heterocycles. The number of imide groups is 1. The van der Waals surface area contributed by atoms with E-state index >= 15 is 0 Å². The lowest BCUT2D eigenvalue weighted by atomic mass is 9.83. The summed E-state index contributed by atoms with van der Waals surface area (Å²) in [5.41, 5.74) is 2.42. The number of thioether (sulfide) groups is 1. The summed E-state index contributed by atoms with van der Waals surface area (Å²) in [7, 11) is 0. The molecular formula is C29H21F2N3O4S2. The van der Waals surface area contributed by atoms with Crippen molar-refractivity contribution in [2.75, 3.05) is 10.2 Å². The number of hydrogen-bond acceptors (Lipinski definition) is 6. The number of carbonyl (C=O) groups is 3. The minimum absolute atomic E-state index is 0.238. The second-order valence-corrected chi connectivity index (χ2v) is 11.7. The van der Waals surface area contributed by atoms with Crippen LogP contribution in [0.4, 0.5) is 20.2 Å². The molecule has 3 amide bonds. The number of nitrogens with zero attached hydrogens (tertiary/aromatic N) is 2. The van der Waals surface area contributed by atoms with Crippen molar-refractivity contribution in [3.63, 3.8) is 0 Å². The van der Waals surface area contributed by atoms with E-state index in [4.69, 9.17) is 0 Å². The van der Waals surface area contributed by atoms with Gasteiger partial charge in [-0.25, -0.2) is 13.7 Å². The molecule has 1 fully saturated rings. The highest BCUT2D eigenvalue weighted by atomic mass is 32.2. The van der Waals surface area contributed by atoms with E-state index in [1.165, 1.54) is 53.1 Å². The Hall–Kier alpha value is -4.09. The number of anilines is 2. The average Bonchev–Trinajstić information content (AvgIpc) is 3.37. The van der Waals surface area contributed by atoms with Gasteiger partial charge in [0, 0.05) is 16.5 Å². The van der Waals surface area contributed by atoms with Gasteiger partial charge in [0.05, 0.1) is 16.6 Å². The number of aryl methyl sites for hydroxylation is 1. The molecule has 0 radical (unpaired) electrons. The average molecular weight is 578 g/mol. The van der Waals surface area contributed by atoms with E-state index in [-0.39, 0.29) is 12.2 Å². The number of amides is 3. The third-order valence-electron chi connectivity index (χ3n) is 7.00. The van der Waals surface area contributed by atoms with Gasteiger partial charge in [0.25, 0.3) is 0 Å². The first-order valence-corrected chi connectivity index (χ1v) is 14.1. The van der Waals surface area contributed by atoms with E-state index in [2.05, 4.69) is 5.32 Å². The summed E-state index contributed by atoms with van der Waals surface area (Å²) in [5.74, 6) is -3.98. The van der Waals surface area contributed by atoms with E-state index in [0.717, 1.165) is 33.6 Å². The SMILES string of the molecule is Cc1ccc(NC(=O)Cn2c3c(sc2=O)[C@@H](c2ccc(F)cc2)[C@@H]2C(=O)N(c4ccc(F)cc4)C(=O)[C@@H]2S3)cc1. The predicted octanol–water partition coefficient (Wildman–Crippen LogP) is 4.93. The number of hydrogen-bond donors (Lipinski definition) is 1. The lowest BCUT2D eigenvalue weighted by molar-refractivity contribution is -0.122. The summed E-state index contributed by atoms with van der Waals surface area (Å²) >= 11 is 1.98. The molecule has 0 spiro atoms. The Balaban J connectivity index is 1.40. The number of rotatable bonds is 5. The largest absolute Gasteiger partial charge is 0.325 e. The molecule has 7 nitrogen and oxygen atoms in total. The van der Waals surface area contributed by atoms with E-state index in [1.807, 2.05) is 19.1 Å². The number of carbonyl (C=O) groups excluding carboxylic acids is 3. The van der Waals surface area contributed by atoms with Crippen molar-refractivity contribution in [3.8, 4) is 0 Å². The summed E-state index contributed by atoms with van der Waals surface area (Å²) in [5, 5.41) is 2.30. The fraction of sp³-hybridized carbons (Fsp3) is 0.172. The van der Waals surface area contributed by atoms with Gasteiger partial charge >= 0.3 is 4.87 Å². The predicted molar refractivity (Wildman–Crippen MR) is 149 cm³/mol. The number of aromatic nitrogens is 1. The number of halogens is 2. The fourth-order valence-corrected chi connectivity index (χ4v) is 7.88. The van der Waals surface area contributed by atoms with Crippen molar-refractivity contribution in [1.82, 2.24) is 4.57 Å². The molecule has 202 valence electrons. The van der Waals surface area contributed by atoms with Crippen LogP contribution in [0.15, 0.2) is 82.6 Å². The molecule has 1 N–H and O–H groups in total. The Kier molecular flexibility index (Phi) is 6.63. The quantitative estimate of drug-likeness (QED) is 0.340. The molecule has 1 aromatic heterocycles. The maximum atomic E-state index is 13.8. The molecule has 40 heavy (non-hydrogen) atoms. The van der Waals surface area contributed by atoms with Crippen molar-refractivity contribution < 1.29 is 23.2 Å². The van der Waals surface area contributed by atoms with Crippen molar-refractivity contribution >= 4 is 52.2 Å². The highest BCUT2D eigenvalue weighted by molar-refractivity contribution is 8.00. The number of nitrogens with one attached hydrogen (secondary N) is 1. The van der Waals surface area contributed by atoms with Crippen LogP contribution in [-0.2, 0) is 20.9 Å². The molecule has 1 saturated heterocycles. The second kappa shape index (κ2) is 10.1. The van der Waals surface area contributed by atoms with E-state index in [9.17, 15) is 28.0 Å². The van der Waals surface area contributed by atoms with Crippen LogP contribution in [0.25, 0.3) is 0 Å². The first-order valence-electron chi connectivity index (χ1n) is 12.4. The normalized spacial score (nSPS) is 19.9. The fourth-order valence-electron chi connectivity index (χ4n) is 5.11. The minimum atomic E-state index is -0.902. The van der Waals surface area contributed by atoms with Crippen molar-refractivity contribution in [2.24, 2.45) is 5.92 Å². The van der Waals surface area contributed by atoms with Crippen molar-refractivity contribution in [2.45, 2.75) is 29.7 Å². The Morgan fingerprint density at radius 1 is 0.875 bits per heavy atom. The first-order chi connectivity index (χ1) is 19.2. The lowest BCUT2D eigenvalue weighted by Crippen LogP contribution is -2.33. The molecule has 4 aromatic rings. The number of thiazole rings is 1. The zero-order chi connectivity index (χ0) is 28.1. The standard InChI is InChI=1S/C29H21F2N3O4S2/c1-15-2-10-19(11-3-15)32-21(35)14-33-28-25(40-29(33)38)22(16-4-6-17(30)7-5-16)23-24(39-28)27(37)34(26(23)36)20-12-8-18(31)9-13-20/h2-13,22-24H,14H2,1H3,(H,32,35)/t22-,23-,24+/m0/s1. The zero-order valence-electron chi connectivity index (χ0n) is 21.0. The molecule has 0 saturated carbocycles. The maximum absolute atomic E-state index is 13.8. The molecule has 0 aliphatic carbocycles. The van der Waals surface area contributed by atoms with Crippen LogP contribution < -0.4 is 15.1 Å².